The van der Waals surface area contributed by atoms with Crippen LogP contribution in [0, 0.1) is 23.2 Å². The first-order valence-corrected chi connectivity index (χ1v) is 8.34. The number of methoxy groups -OCH3 is 1. The molecular formula is C19H26N2O3. The van der Waals surface area contributed by atoms with Crippen LogP contribution in [0.25, 0.3) is 0 Å². The first kappa shape index (κ1) is 19.7. The van der Waals surface area contributed by atoms with Gasteiger partial charge < -0.3 is 10.1 Å². The summed E-state index contributed by atoms with van der Waals surface area (Å²) in [5.74, 6) is -1.02. The van der Waals surface area contributed by atoms with Crippen LogP contribution in [0.5, 0.6) is 5.75 Å². The second-order valence-corrected chi connectivity index (χ2v) is 6.02. The highest BCUT2D eigenvalue weighted by molar-refractivity contribution is 6.03. The Labute approximate surface area is 144 Å². The minimum atomic E-state index is -1.21. The molecular weight excluding hydrogens is 304 g/mol. The Morgan fingerprint density at radius 3 is 2.50 bits per heavy atom. The average molecular weight is 330 g/mol. The molecule has 0 saturated carbocycles. The molecule has 5 nitrogen and oxygen atoms in total. The first-order chi connectivity index (χ1) is 11.5. The van der Waals surface area contributed by atoms with Crippen molar-refractivity contribution in [3.8, 4) is 11.8 Å². The molecule has 0 bridgehead atoms. The maximum atomic E-state index is 12.1. The largest absolute Gasteiger partial charge is 0.497 e. The molecule has 0 unspecified atom stereocenters. The fraction of sp³-hybridized carbons (Fsp3) is 0.526. The number of carbonyl (C=O) groups is 2. The molecule has 0 saturated heterocycles. The van der Waals surface area contributed by atoms with E-state index in [1.165, 1.54) is 0 Å². The predicted octanol–water partition coefficient (Wildman–Crippen LogP) is 2.89. The predicted molar refractivity (Wildman–Crippen MR) is 92.5 cm³/mol. The number of carbonyl (C=O) groups excluding carboxylic acids is 2. The highest BCUT2D eigenvalue weighted by Gasteiger charge is 2.26. The van der Waals surface area contributed by atoms with Crippen molar-refractivity contribution in [2.75, 3.05) is 13.7 Å². The zero-order valence-corrected chi connectivity index (χ0v) is 14.7. The molecule has 0 radical (unpaired) electrons. The van der Waals surface area contributed by atoms with Crippen molar-refractivity contribution in [2.24, 2.45) is 11.8 Å². The lowest BCUT2D eigenvalue weighted by molar-refractivity contribution is -0.132. The molecule has 0 aliphatic heterocycles. The van der Waals surface area contributed by atoms with Crippen LogP contribution in [0.4, 0.5) is 0 Å². The number of amides is 1. The molecule has 2 atom stereocenters. The molecule has 1 aromatic carbocycles. The van der Waals surface area contributed by atoms with Crippen molar-refractivity contribution in [3.05, 3.63) is 29.8 Å². The van der Waals surface area contributed by atoms with Crippen LogP contribution in [-0.2, 0) is 16.0 Å². The Morgan fingerprint density at radius 2 is 1.96 bits per heavy atom. The van der Waals surface area contributed by atoms with E-state index in [1.807, 2.05) is 37.3 Å². The van der Waals surface area contributed by atoms with Gasteiger partial charge in [0, 0.05) is 13.0 Å². The van der Waals surface area contributed by atoms with Gasteiger partial charge in [-0.05, 0) is 30.0 Å². The molecule has 0 aliphatic rings. The van der Waals surface area contributed by atoms with E-state index in [0.29, 0.717) is 13.0 Å². The van der Waals surface area contributed by atoms with Crippen molar-refractivity contribution < 1.29 is 14.3 Å². The van der Waals surface area contributed by atoms with Crippen LogP contribution in [0.3, 0.4) is 0 Å². The number of nitriles is 1. The zero-order chi connectivity index (χ0) is 17.9. The number of benzene rings is 1. The van der Waals surface area contributed by atoms with Crippen molar-refractivity contribution >= 4 is 11.7 Å². The monoisotopic (exact) mass is 330 g/mol. The number of nitrogens with zero attached hydrogens (tertiary/aromatic N) is 1. The summed E-state index contributed by atoms with van der Waals surface area (Å²) < 4.78 is 5.09. The van der Waals surface area contributed by atoms with Gasteiger partial charge in [0.15, 0.2) is 11.7 Å². The number of rotatable bonds is 10. The van der Waals surface area contributed by atoms with Gasteiger partial charge in [0.25, 0.3) is 0 Å². The third kappa shape index (κ3) is 6.41. The lowest BCUT2D eigenvalue weighted by Crippen LogP contribution is -2.36. The minimum absolute atomic E-state index is 0.199. The molecule has 0 spiro atoms. The van der Waals surface area contributed by atoms with Gasteiger partial charge in [-0.3, -0.25) is 9.59 Å². The summed E-state index contributed by atoms with van der Waals surface area (Å²) in [4.78, 5) is 24.2. The molecule has 130 valence electrons. The fourth-order valence-electron chi connectivity index (χ4n) is 2.56. The Kier molecular flexibility index (Phi) is 8.56. The Hall–Kier alpha value is -2.35. The summed E-state index contributed by atoms with van der Waals surface area (Å²) in [5.41, 5.74) is 1.05. The number of Topliss-reactive ketones (excluding diaryl/α,β-unsaturated/α-hetero) is 1. The summed E-state index contributed by atoms with van der Waals surface area (Å²) in [6.07, 6.45) is 2.81. The minimum Gasteiger partial charge on any atom is -0.497 e. The van der Waals surface area contributed by atoms with E-state index in [0.717, 1.165) is 24.2 Å². The van der Waals surface area contributed by atoms with E-state index >= 15 is 0 Å². The second kappa shape index (κ2) is 10.4. The van der Waals surface area contributed by atoms with Gasteiger partial charge in [-0.25, -0.2) is 0 Å². The van der Waals surface area contributed by atoms with Crippen molar-refractivity contribution in [3.63, 3.8) is 0 Å². The lowest BCUT2D eigenvalue weighted by atomic mass is 9.93. The number of hydrogen-bond donors (Lipinski definition) is 1. The molecule has 0 fully saturated rings. The van der Waals surface area contributed by atoms with Gasteiger partial charge in [0.05, 0.1) is 13.2 Å². The van der Waals surface area contributed by atoms with Crippen LogP contribution in [-0.4, -0.2) is 25.3 Å². The number of hydrogen-bond acceptors (Lipinski definition) is 4. The highest BCUT2D eigenvalue weighted by atomic mass is 16.5. The van der Waals surface area contributed by atoms with Crippen molar-refractivity contribution in [1.82, 2.24) is 5.32 Å². The van der Waals surface area contributed by atoms with Crippen LogP contribution in [0.2, 0.25) is 0 Å². The molecule has 1 N–H and O–H groups in total. The summed E-state index contributed by atoms with van der Waals surface area (Å²) in [5, 5.41) is 11.8. The molecule has 1 amide bonds. The highest BCUT2D eigenvalue weighted by Crippen LogP contribution is 2.14. The van der Waals surface area contributed by atoms with E-state index in [9.17, 15) is 9.59 Å². The summed E-state index contributed by atoms with van der Waals surface area (Å²) in [7, 11) is 1.61. The number of ketones is 1. The maximum Gasteiger partial charge on any atom is 0.245 e. The van der Waals surface area contributed by atoms with Gasteiger partial charge in [0.2, 0.25) is 5.91 Å². The summed E-state index contributed by atoms with van der Waals surface area (Å²) >= 11 is 0. The molecule has 1 rings (SSSR count). The Balaban J connectivity index is 2.46. The summed E-state index contributed by atoms with van der Waals surface area (Å²) in [6.45, 7) is 4.41. The van der Waals surface area contributed by atoms with Gasteiger partial charge in [-0.15, -0.1) is 0 Å². The first-order valence-electron chi connectivity index (χ1n) is 8.34. The van der Waals surface area contributed by atoms with E-state index in [1.54, 1.807) is 7.11 Å². The standard InChI is InChI=1S/C19H26N2O3/c1-4-5-14(2)12-18(22)17(13-20)19(23)21-11-10-15-6-8-16(24-3)9-7-15/h6-9,14,17H,4-5,10-12H2,1-3H3,(H,21,23)/t14-,17+/m1/s1. The van der Waals surface area contributed by atoms with Crippen molar-refractivity contribution in [1.29, 1.82) is 5.26 Å². The van der Waals surface area contributed by atoms with E-state index in [-0.39, 0.29) is 18.1 Å². The van der Waals surface area contributed by atoms with E-state index < -0.39 is 11.8 Å². The third-order valence-corrected chi connectivity index (χ3v) is 3.92. The molecule has 0 heterocycles. The van der Waals surface area contributed by atoms with Gasteiger partial charge in [-0.2, -0.15) is 5.26 Å². The Morgan fingerprint density at radius 1 is 1.29 bits per heavy atom. The normalized spacial score (nSPS) is 12.8. The van der Waals surface area contributed by atoms with Crippen LogP contribution in [0.15, 0.2) is 24.3 Å². The van der Waals surface area contributed by atoms with Crippen LogP contribution < -0.4 is 10.1 Å². The molecule has 0 aliphatic carbocycles. The van der Waals surface area contributed by atoms with Crippen LogP contribution >= 0.6 is 0 Å². The third-order valence-electron chi connectivity index (χ3n) is 3.92. The topological polar surface area (TPSA) is 79.2 Å². The molecule has 1 aromatic rings. The zero-order valence-electron chi connectivity index (χ0n) is 14.7. The maximum absolute atomic E-state index is 12.1. The molecule has 24 heavy (non-hydrogen) atoms. The van der Waals surface area contributed by atoms with E-state index in [2.05, 4.69) is 12.2 Å². The SMILES string of the molecule is CCC[C@@H](C)CC(=O)[C@H](C#N)C(=O)NCCc1ccc(OC)cc1. The molecule has 0 aromatic heterocycles. The number of nitrogens with one attached hydrogen (secondary N) is 1. The smallest absolute Gasteiger partial charge is 0.245 e. The lowest BCUT2D eigenvalue weighted by Gasteiger charge is -2.13. The second-order valence-electron chi connectivity index (χ2n) is 6.02. The van der Waals surface area contributed by atoms with E-state index in [4.69, 9.17) is 10.00 Å². The number of ether oxygens (including phenoxy) is 1. The Bertz CT molecular complexity index is 575. The average Bonchev–Trinajstić information content (AvgIpc) is 2.56. The van der Waals surface area contributed by atoms with Crippen molar-refractivity contribution in [2.45, 2.75) is 39.5 Å². The fourth-order valence-corrected chi connectivity index (χ4v) is 2.56. The summed E-state index contributed by atoms with van der Waals surface area (Å²) in [6, 6.07) is 9.39. The van der Waals surface area contributed by atoms with Gasteiger partial charge in [-0.1, -0.05) is 38.8 Å². The van der Waals surface area contributed by atoms with Gasteiger partial charge >= 0.3 is 0 Å². The molecule has 5 heteroatoms. The quantitative estimate of drug-likeness (QED) is 0.669. The van der Waals surface area contributed by atoms with Crippen LogP contribution in [0.1, 0.15) is 38.7 Å². The van der Waals surface area contributed by atoms with Gasteiger partial charge in [0.1, 0.15) is 5.75 Å².